The van der Waals surface area contributed by atoms with E-state index in [4.69, 9.17) is 4.74 Å². The van der Waals surface area contributed by atoms with E-state index in [-0.39, 0.29) is 18.6 Å². The smallest absolute Gasteiger partial charge is 0.375 e. The van der Waals surface area contributed by atoms with Gasteiger partial charge in [-0.3, -0.25) is 9.59 Å². The fourth-order valence-corrected chi connectivity index (χ4v) is 0.711. The molecule has 80 valence electrons. The first-order valence-electron chi connectivity index (χ1n) is 4.54. The summed E-state index contributed by atoms with van der Waals surface area (Å²) in [6.45, 7) is 6.64. The highest BCUT2D eigenvalue weighted by Gasteiger charge is 2.23. The lowest BCUT2D eigenvalue weighted by Gasteiger charge is -2.18. The van der Waals surface area contributed by atoms with Crippen LogP contribution < -0.4 is 0 Å². The topological polar surface area (TPSA) is 60.4 Å². The van der Waals surface area contributed by atoms with Gasteiger partial charge in [0, 0.05) is 6.42 Å². The van der Waals surface area contributed by atoms with E-state index in [1.165, 1.54) is 0 Å². The molecule has 0 saturated carbocycles. The second-order valence-corrected chi connectivity index (χ2v) is 3.99. The number of carbonyl (C=O) groups is 3. The summed E-state index contributed by atoms with van der Waals surface area (Å²) in [4.78, 5) is 33.0. The molecule has 0 unspecified atom stereocenters. The van der Waals surface area contributed by atoms with Crippen LogP contribution in [-0.2, 0) is 19.1 Å². The first-order chi connectivity index (χ1) is 6.26. The number of hydrogen-bond acceptors (Lipinski definition) is 4. The van der Waals surface area contributed by atoms with Gasteiger partial charge in [0.1, 0.15) is 11.4 Å². The van der Waals surface area contributed by atoms with Gasteiger partial charge in [-0.05, 0) is 20.8 Å². The van der Waals surface area contributed by atoms with Gasteiger partial charge in [0.15, 0.2) is 0 Å². The molecule has 0 spiro atoms. The van der Waals surface area contributed by atoms with Crippen LogP contribution in [0.4, 0.5) is 0 Å². The van der Waals surface area contributed by atoms with Crippen molar-refractivity contribution in [1.29, 1.82) is 0 Å². The maximum absolute atomic E-state index is 11.1. The van der Waals surface area contributed by atoms with E-state index in [1.807, 2.05) is 0 Å². The van der Waals surface area contributed by atoms with E-state index in [1.54, 1.807) is 27.7 Å². The fourth-order valence-electron chi connectivity index (χ4n) is 0.711. The zero-order chi connectivity index (χ0) is 11.4. The molecule has 0 fully saturated rings. The van der Waals surface area contributed by atoms with Crippen molar-refractivity contribution in [3.63, 3.8) is 0 Å². The Bertz CT molecular complexity index is 247. The van der Waals surface area contributed by atoms with Gasteiger partial charge in [-0.15, -0.1) is 0 Å². The van der Waals surface area contributed by atoms with Crippen LogP contribution in [0.1, 0.15) is 40.5 Å². The highest BCUT2D eigenvalue weighted by atomic mass is 16.6. The van der Waals surface area contributed by atoms with Gasteiger partial charge in [-0.2, -0.15) is 0 Å². The third kappa shape index (κ3) is 5.45. The summed E-state index contributed by atoms with van der Waals surface area (Å²) in [5.74, 6) is -1.95. The van der Waals surface area contributed by atoms with E-state index >= 15 is 0 Å². The summed E-state index contributed by atoms with van der Waals surface area (Å²) in [7, 11) is 0. The molecule has 0 N–H and O–H groups in total. The Morgan fingerprint density at radius 1 is 1.14 bits per heavy atom. The minimum Gasteiger partial charge on any atom is -0.454 e. The van der Waals surface area contributed by atoms with Crippen LogP contribution in [0.15, 0.2) is 0 Å². The molecule has 4 heteroatoms. The van der Waals surface area contributed by atoms with E-state index in [0.29, 0.717) is 0 Å². The van der Waals surface area contributed by atoms with Crippen LogP contribution in [0, 0.1) is 0 Å². The van der Waals surface area contributed by atoms with Crippen molar-refractivity contribution in [1.82, 2.24) is 0 Å². The summed E-state index contributed by atoms with van der Waals surface area (Å²) in [6.07, 6.45) is -0.0973. The number of Topliss-reactive ketones (excluding diaryl/α,β-unsaturated/α-hetero) is 2. The summed E-state index contributed by atoms with van der Waals surface area (Å²) < 4.78 is 4.80. The minimum absolute atomic E-state index is 0.249. The van der Waals surface area contributed by atoms with Crippen molar-refractivity contribution in [3.8, 4) is 0 Å². The molecule has 0 aliphatic heterocycles. The number of ether oxygens (including phenoxy) is 1. The number of rotatable bonds is 4. The first kappa shape index (κ1) is 12.8. The third-order valence-corrected chi connectivity index (χ3v) is 1.38. The van der Waals surface area contributed by atoms with Gasteiger partial charge in [0.2, 0.25) is 5.78 Å². The lowest BCUT2D eigenvalue weighted by atomic mass is 10.1. The molecular weight excluding hydrogens is 184 g/mol. The number of hydrogen-bond donors (Lipinski definition) is 0. The lowest BCUT2D eigenvalue weighted by Crippen LogP contribution is -2.29. The SMILES string of the molecule is CCC(=O)CC(=O)C(=O)OC(C)(C)C. The van der Waals surface area contributed by atoms with Crippen LogP contribution in [0.2, 0.25) is 0 Å². The maximum atomic E-state index is 11.1. The van der Waals surface area contributed by atoms with Crippen LogP contribution >= 0.6 is 0 Å². The van der Waals surface area contributed by atoms with Crippen LogP contribution in [0.5, 0.6) is 0 Å². The second-order valence-electron chi connectivity index (χ2n) is 3.99. The molecule has 0 aromatic heterocycles. The van der Waals surface area contributed by atoms with Gasteiger partial charge in [-0.1, -0.05) is 6.92 Å². The third-order valence-electron chi connectivity index (χ3n) is 1.38. The first-order valence-corrected chi connectivity index (χ1v) is 4.54. The van der Waals surface area contributed by atoms with Crippen LogP contribution in [0.25, 0.3) is 0 Å². The molecular formula is C10H16O4. The van der Waals surface area contributed by atoms with Crippen molar-refractivity contribution in [2.24, 2.45) is 0 Å². The summed E-state index contributed by atoms with van der Waals surface area (Å²) in [5, 5.41) is 0. The number of ketones is 2. The quantitative estimate of drug-likeness (QED) is 0.389. The fraction of sp³-hybridized carbons (Fsp3) is 0.700. The van der Waals surface area contributed by atoms with Gasteiger partial charge >= 0.3 is 5.97 Å². The standard InChI is InChI=1S/C10H16O4/c1-5-7(11)6-8(12)9(13)14-10(2,3)4/h5-6H2,1-4H3. The maximum Gasteiger partial charge on any atom is 0.375 e. The Labute approximate surface area is 83.6 Å². The van der Waals surface area contributed by atoms with E-state index in [0.717, 1.165) is 0 Å². The van der Waals surface area contributed by atoms with Crippen molar-refractivity contribution in [3.05, 3.63) is 0 Å². The second kappa shape index (κ2) is 4.88. The van der Waals surface area contributed by atoms with Crippen molar-refractivity contribution < 1.29 is 19.1 Å². The normalized spacial score (nSPS) is 10.9. The predicted octanol–water partition coefficient (Wildman–Crippen LogP) is 1.27. The Balaban J connectivity index is 4.15. The minimum atomic E-state index is -0.931. The summed E-state index contributed by atoms with van der Waals surface area (Å²) >= 11 is 0. The molecule has 0 atom stereocenters. The highest BCUT2D eigenvalue weighted by molar-refractivity contribution is 6.37. The average Bonchev–Trinajstić information content (AvgIpc) is 2.00. The van der Waals surface area contributed by atoms with Crippen molar-refractivity contribution >= 4 is 17.5 Å². The molecule has 0 bridgehead atoms. The van der Waals surface area contributed by atoms with Gasteiger partial charge in [0.25, 0.3) is 0 Å². The molecule has 4 nitrogen and oxygen atoms in total. The van der Waals surface area contributed by atoms with Crippen LogP contribution in [-0.4, -0.2) is 23.1 Å². The molecule has 0 aromatic rings. The molecule has 0 aliphatic carbocycles. The van der Waals surface area contributed by atoms with Gasteiger partial charge in [-0.25, -0.2) is 4.79 Å². The molecule has 0 aliphatic rings. The molecule has 0 radical (unpaired) electrons. The molecule has 14 heavy (non-hydrogen) atoms. The van der Waals surface area contributed by atoms with Crippen molar-refractivity contribution in [2.75, 3.05) is 0 Å². The molecule has 0 heterocycles. The van der Waals surface area contributed by atoms with Gasteiger partial charge < -0.3 is 4.74 Å². The molecule has 0 amide bonds. The highest BCUT2D eigenvalue weighted by Crippen LogP contribution is 2.08. The lowest BCUT2D eigenvalue weighted by molar-refractivity contribution is -0.163. The molecule has 0 rings (SSSR count). The monoisotopic (exact) mass is 200 g/mol. The largest absolute Gasteiger partial charge is 0.454 e. The average molecular weight is 200 g/mol. The molecule has 0 saturated heterocycles. The van der Waals surface area contributed by atoms with E-state index in [9.17, 15) is 14.4 Å². The summed E-state index contributed by atoms with van der Waals surface area (Å²) in [5.41, 5.74) is -0.692. The number of esters is 1. The zero-order valence-electron chi connectivity index (χ0n) is 9.05. The van der Waals surface area contributed by atoms with Crippen molar-refractivity contribution in [2.45, 2.75) is 46.1 Å². The van der Waals surface area contributed by atoms with E-state index in [2.05, 4.69) is 0 Å². The number of carbonyl (C=O) groups excluding carboxylic acids is 3. The van der Waals surface area contributed by atoms with Crippen LogP contribution in [0.3, 0.4) is 0 Å². The Morgan fingerprint density at radius 3 is 2.00 bits per heavy atom. The summed E-state index contributed by atoms with van der Waals surface area (Å²) in [6, 6.07) is 0. The zero-order valence-corrected chi connectivity index (χ0v) is 9.05. The van der Waals surface area contributed by atoms with E-state index < -0.39 is 17.4 Å². The Morgan fingerprint density at radius 2 is 1.64 bits per heavy atom. The molecule has 0 aromatic carbocycles. The van der Waals surface area contributed by atoms with Gasteiger partial charge in [0.05, 0.1) is 6.42 Å². The Hall–Kier alpha value is -1.19. The Kier molecular flexibility index (Phi) is 4.47. The predicted molar refractivity (Wildman–Crippen MR) is 50.8 cm³/mol.